The second-order valence-corrected chi connectivity index (χ2v) is 7.94. The van der Waals surface area contributed by atoms with E-state index in [4.69, 9.17) is 11.6 Å². The minimum Gasteiger partial charge on any atom is -0.337 e. The molecule has 1 amide bonds. The zero-order valence-electron chi connectivity index (χ0n) is 14.3. The number of thiazole rings is 1. The Hall–Kier alpha value is -2.18. The number of fused-ring (bicyclic) bond motifs is 1. The van der Waals surface area contributed by atoms with Crippen molar-refractivity contribution >= 4 is 39.6 Å². The molecule has 0 spiro atoms. The first-order valence-corrected chi connectivity index (χ1v) is 9.80. The van der Waals surface area contributed by atoms with Crippen LogP contribution in [-0.2, 0) is 0 Å². The van der Waals surface area contributed by atoms with Gasteiger partial charge in [0, 0.05) is 47.4 Å². The van der Waals surface area contributed by atoms with Gasteiger partial charge in [-0.3, -0.25) is 14.0 Å². The van der Waals surface area contributed by atoms with Crippen LogP contribution in [0.1, 0.15) is 39.3 Å². The number of aromatic nitrogens is 2. The zero-order valence-corrected chi connectivity index (χ0v) is 15.9. The summed E-state index contributed by atoms with van der Waals surface area (Å²) in [4.78, 5) is 32.7. The van der Waals surface area contributed by atoms with Crippen molar-refractivity contribution in [3.8, 4) is 0 Å². The van der Waals surface area contributed by atoms with Crippen LogP contribution in [0.3, 0.4) is 0 Å². The fraction of sp³-hybridized carbons (Fsp3) is 0.316. The second kappa shape index (κ2) is 6.85. The molecule has 0 N–H and O–H groups in total. The summed E-state index contributed by atoms with van der Waals surface area (Å²) in [6.07, 6.45) is 5.25. The third-order valence-electron chi connectivity index (χ3n) is 4.85. The maximum atomic E-state index is 12.9. The smallest absolute Gasteiger partial charge is 0.274 e. The Morgan fingerprint density at radius 3 is 2.96 bits per heavy atom. The van der Waals surface area contributed by atoms with Gasteiger partial charge in [0.1, 0.15) is 5.69 Å². The van der Waals surface area contributed by atoms with E-state index in [1.54, 1.807) is 29.3 Å². The van der Waals surface area contributed by atoms with Gasteiger partial charge in [-0.2, -0.15) is 0 Å². The fourth-order valence-corrected chi connectivity index (χ4v) is 4.42. The van der Waals surface area contributed by atoms with E-state index in [1.807, 2.05) is 22.9 Å². The number of hydrogen-bond donors (Lipinski definition) is 0. The Balaban J connectivity index is 1.52. The normalized spacial score (nSPS) is 17.6. The van der Waals surface area contributed by atoms with Crippen molar-refractivity contribution in [2.45, 2.75) is 19.8 Å². The molecule has 1 atom stereocenters. The maximum absolute atomic E-state index is 12.9. The number of amides is 1. The molecular weight excluding hydrogens is 370 g/mol. The lowest BCUT2D eigenvalue weighted by Gasteiger charge is -2.31. The number of nitrogens with zero attached hydrogens (tertiary/aromatic N) is 3. The van der Waals surface area contributed by atoms with Crippen molar-refractivity contribution in [1.82, 2.24) is 14.3 Å². The molecule has 2 aromatic heterocycles. The number of imidazole rings is 1. The van der Waals surface area contributed by atoms with E-state index in [0.29, 0.717) is 29.4 Å². The third kappa shape index (κ3) is 3.15. The van der Waals surface area contributed by atoms with Gasteiger partial charge in [0.2, 0.25) is 0 Å². The Labute approximate surface area is 160 Å². The van der Waals surface area contributed by atoms with Gasteiger partial charge in [-0.25, -0.2) is 4.98 Å². The minimum atomic E-state index is -0.184. The first kappa shape index (κ1) is 17.2. The number of rotatable bonds is 3. The summed E-state index contributed by atoms with van der Waals surface area (Å²) < 4.78 is 1.85. The summed E-state index contributed by atoms with van der Waals surface area (Å²) in [6.45, 7) is 2.99. The Morgan fingerprint density at radius 1 is 1.35 bits per heavy atom. The number of likely N-dealkylation sites (tertiary alicyclic amines) is 1. The Kier molecular flexibility index (Phi) is 4.54. The van der Waals surface area contributed by atoms with Crippen molar-refractivity contribution in [1.29, 1.82) is 0 Å². The van der Waals surface area contributed by atoms with E-state index < -0.39 is 0 Å². The van der Waals surface area contributed by atoms with Gasteiger partial charge in [0.05, 0.1) is 0 Å². The van der Waals surface area contributed by atoms with E-state index in [0.717, 1.165) is 23.4 Å². The molecule has 0 saturated carbocycles. The molecule has 3 aromatic rings. The topological polar surface area (TPSA) is 54.7 Å². The summed E-state index contributed by atoms with van der Waals surface area (Å²) in [6, 6.07) is 5.33. The van der Waals surface area contributed by atoms with Gasteiger partial charge in [0.15, 0.2) is 10.7 Å². The van der Waals surface area contributed by atoms with E-state index >= 15 is 0 Å². The fourth-order valence-electron chi connectivity index (χ4n) is 3.49. The lowest BCUT2D eigenvalue weighted by Crippen LogP contribution is -2.42. The van der Waals surface area contributed by atoms with Crippen LogP contribution in [0, 0.1) is 12.8 Å². The standard InChI is InChI=1S/C19H18ClN3O2S/c1-12-9-14(20)4-5-15(12)17(24)13-3-2-6-22(10-13)18(25)16-11-23-7-8-26-19(23)21-16/h4-5,7-9,11,13H,2-3,6,10H2,1H3/t13-/m1/s1. The van der Waals surface area contributed by atoms with Crippen molar-refractivity contribution in [3.63, 3.8) is 0 Å². The maximum Gasteiger partial charge on any atom is 0.274 e. The highest BCUT2D eigenvalue weighted by Gasteiger charge is 2.31. The number of ketones is 1. The number of Topliss-reactive ketones (excluding diaryl/α,β-unsaturated/α-hetero) is 1. The number of benzene rings is 1. The van der Waals surface area contributed by atoms with Crippen LogP contribution in [0.15, 0.2) is 36.0 Å². The molecule has 4 rings (SSSR count). The van der Waals surface area contributed by atoms with Crippen molar-refractivity contribution in [3.05, 3.63) is 57.8 Å². The zero-order chi connectivity index (χ0) is 18.3. The first-order chi connectivity index (χ1) is 12.5. The van der Waals surface area contributed by atoms with Crippen LogP contribution in [-0.4, -0.2) is 39.1 Å². The largest absolute Gasteiger partial charge is 0.337 e. The summed E-state index contributed by atoms with van der Waals surface area (Å²) in [5.41, 5.74) is 2.00. The monoisotopic (exact) mass is 387 g/mol. The summed E-state index contributed by atoms with van der Waals surface area (Å²) in [5, 5.41) is 2.56. The molecule has 0 unspecified atom stereocenters. The van der Waals surface area contributed by atoms with Crippen molar-refractivity contribution in [2.24, 2.45) is 5.92 Å². The van der Waals surface area contributed by atoms with Crippen LogP contribution in [0.5, 0.6) is 0 Å². The van der Waals surface area contributed by atoms with Gasteiger partial charge in [-0.1, -0.05) is 11.6 Å². The van der Waals surface area contributed by atoms with Crippen LogP contribution < -0.4 is 0 Å². The molecule has 0 aliphatic carbocycles. The highest BCUT2D eigenvalue weighted by Crippen LogP contribution is 2.25. The Bertz CT molecular complexity index is 965. The molecule has 1 aliphatic rings. The third-order valence-corrected chi connectivity index (χ3v) is 5.85. The quantitative estimate of drug-likeness (QED) is 0.636. The van der Waals surface area contributed by atoms with Gasteiger partial charge < -0.3 is 4.90 Å². The first-order valence-electron chi connectivity index (χ1n) is 8.55. The number of aryl methyl sites for hydroxylation is 1. The van der Waals surface area contributed by atoms with E-state index in [-0.39, 0.29) is 17.6 Å². The van der Waals surface area contributed by atoms with E-state index in [1.165, 1.54) is 11.3 Å². The summed E-state index contributed by atoms with van der Waals surface area (Å²) in [7, 11) is 0. The highest BCUT2D eigenvalue weighted by atomic mass is 35.5. The van der Waals surface area contributed by atoms with Gasteiger partial charge in [0.25, 0.3) is 5.91 Å². The molecule has 5 nitrogen and oxygen atoms in total. The minimum absolute atomic E-state index is 0.0856. The molecule has 0 radical (unpaired) electrons. The molecule has 3 heterocycles. The number of carbonyl (C=O) groups excluding carboxylic acids is 2. The molecule has 0 bridgehead atoms. The molecule has 1 aliphatic heterocycles. The lowest BCUT2D eigenvalue weighted by atomic mass is 9.88. The molecule has 7 heteroatoms. The molecule has 1 fully saturated rings. The number of hydrogen-bond acceptors (Lipinski definition) is 4. The van der Waals surface area contributed by atoms with Crippen LogP contribution in [0.4, 0.5) is 0 Å². The van der Waals surface area contributed by atoms with E-state index in [9.17, 15) is 9.59 Å². The number of piperidine rings is 1. The Morgan fingerprint density at radius 2 is 2.19 bits per heavy atom. The second-order valence-electron chi connectivity index (χ2n) is 6.63. The predicted molar refractivity (Wildman–Crippen MR) is 102 cm³/mol. The number of carbonyl (C=O) groups is 2. The SMILES string of the molecule is Cc1cc(Cl)ccc1C(=O)[C@@H]1CCCN(C(=O)c2cn3ccsc3n2)C1. The van der Waals surface area contributed by atoms with Crippen LogP contribution in [0.25, 0.3) is 4.96 Å². The van der Waals surface area contributed by atoms with Gasteiger partial charge in [-0.15, -0.1) is 11.3 Å². The highest BCUT2D eigenvalue weighted by molar-refractivity contribution is 7.15. The van der Waals surface area contributed by atoms with Gasteiger partial charge in [-0.05, 0) is 43.5 Å². The predicted octanol–water partition coefficient (Wildman–Crippen LogP) is 4.09. The number of halogens is 1. The van der Waals surface area contributed by atoms with Crippen LogP contribution >= 0.6 is 22.9 Å². The molecule has 26 heavy (non-hydrogen) atoms. The molecule has 1 aromatic carbocycles. The molecular formula is C19H18ClN3O2S. The van der Waals surface area contributed by atoms with Crippen molar-refractivity contribution < 1.29 is 9.59 Å². The molecule has 1 saturated heterocycles. The van der Waals surface area contributed by atoms with Gasteiger partial charge >= 0.3 is 0 Å². The average Bonchev–Trinajstić information content (AvgIpc) is 3.22. The summed E-state index contributed by atoms with van der Waals surface area (Å²) in [5.74, 6) is -0.204. The lowest BCUT2D eigenvalue weighted by molar-refractivity contribution is 0.0632. The molecule has 134 valence electrons. The van der Waals surface area contributed by atoms with E-state index in [2.05, 4.69) is 4.98 Å². The average molecular weight is 388 g/mol. The summed E-state index contributed by atoms with van der Waals surface area (Å²) >= 11 is 7.49. The van der Waals surface area contributed by atoms with Crippen molar-refractivity contribution in [2.75, 3.05) is 13.1 Å². The van der Waals surface area contributed by atoms with Crippen LogP contribution in [0.2, 0.25) is 5.02 Å².